The van der Waals surface area contributed by atoms with Gasteiger partial charge in [-0.3, -0.25) is 25.0 Å². The lowest BCUT2D eigenvalue weighted by Crippen LogP contribution is -2.23. The average molecular weight is 249 g/mol. The van der Waals surface area contributed by atoms with E-state index < -0.39 is 27.1 Å². The normalized spacial score (nSPS) is 9.28. The monoisotopic (exact) mass is 249 g/mol. The van der Waals surface area contributed by atoms with Crippen molar-refractivity contribution in [1.29, 1.82) is 0 Å². The van der Waals surface area contributed by atoms with Crippen LogP contribution in [0.15, 0.2) is 18.2 Å². The van der Waals surface area contributed by atoms with Gasteiger partial charge in [0.1, 0.15) is 0 Å². The van der Waals surface area contributed by atoms with E-state index in [2.05, 4.69) is 11.2 Å². The highest BCUT2D eigenvalue weighted by Gasteiger charge is 2.25. The molecule has 0 atom stereocenters. The molecule has 0 heterocycles. The molecule has 1 aromatic carbocycles. The fourth-order valence-corrected chi connectivity index (χ4v) is 1.20. The maximum atomic E-state index is 11.5. The molecule has 1 N–H and O–H groups in total. The topological polar surface area (TPSA) is 115 Å². The number of nitrogens with zero attached hydrogens (tertiary/aromatic N) is 2. The third-order valence-electron chi connectivity index (χ3n) is 1.98. The largest absolute Gasteiger partial charge is 0.346 e. The molecule has 0 unspecified atom stereocenters. The summed E-state index contributed by atoms with van der Waals surface area (Å²) in [5, 5.41) is 23.5. The first-order chi connectivity index (χ1) is 8.47. The van der Waals surface area contributed by atoms with Gasteiger partial charge < -0.3 is 5.32 Å². The van der Waals surface area contributed by atoms with E-state index in [-0.39, 0.29) is 12.1 Å². The molecule has 8 nitrogen and oxygen atoms in total. The summed E-state index contributed by atoms with van der Waals surface area (Å²) in [5.74, 6) is 1.53. The maximum absolute atomic E-state index is 11.5. The standard InChI is InChI=1S/C10H7N3O5/c1-2-5-11-10(14)7-3-4-8(12(15)16)9(6-7)13(17)18/h1,3-4,6H,5H2,(H,11,14). The first-order valence-electron chi connectivity index (χ1n) is 4.62. The van der Waals surface area contributed by atoms with Gasteiger partial charge in [-0.1, -0.05) is 5.92 Å². The number of nitro groups is 2. The van der Waals surface area contributed by atoms with Gasteiger partial charge in [-0.15, -0.1) is 6.42 Å². The van der Waals surface area contributed by atoms with Crippen LogP contribution < -0.4 is 5.32 Å². The predicted molar refractivity (Wildman–Crippen MR) is 60.9 cm³/mol. The lowest BCUT2D eigenvalue weighted by Gasteiger charge is -2.01. The zero-order chi connectivity index (χ0) is 13.7. The minimum atomic E-state index is -0.921. The molecule has 0 aliphatic carbocycles. The van der Waals surface area contributed by atoms with E-state index in [1.807, 2.05) is 0 Å². The van der Waals surface area contributed by atoms with Gasteiger partial charge in [0.15, 0.2) is 0 Å². The highest BCUT2D eigenvalue weighted by molar-refractivity contribution is 5.95. The van der Waals surface area contributed by atoms with Crippen LogP contribution in [0.25, 0.3) is 0 Å². The van der Waals surface area contributed by atoms with Crippen LogP contribution in [0.1, 0.15) is 10.4 Å². The summed E-state index contributed by atoms with van der Waals surface area (Å²) >= 11 is 0. The van der Waals surface area contributed by atoms with Gasteiger partial charge in [-0.25, -0.2) is 0 Å². The van der Waals surface area contributed by atoms with Crippen molar-refractivity contribution in [2.45, 2.75) is 0 Å². The van der Waals surface area contributed by atoms with Crippen LogP contribution in [0.2, 0.25) is 0 Å². The predicted octanol–water partition coefficient (Wildman–Crippen LogP) is 0.866. The lowest BCUT2D eigenvalue weighted by molar-refractivity contribution is -0.422. The maximum Gasteiger partial charge on any atom is 0.346 e. The molecule has 0 saturated carbocycles. The smallest absolute Gasteiger partial charge is 0.341 e. The van der Waals surface area contributed by atoms with E-state index in [0.717, 1.165) is 18.2 Å². The quantitative estimate of drug-likeness (QED) is 0.482. The Labute approximate surface area is 101 Å². The molecule has 0 saturated heterocycles. The summed E-state index contributed by atoms with van der Waals surface area (Å²) in [4.78, 5) is 30.9. The summed E-state index contributed by atoms with van der Waals surface area (Å²) in [6.45, 7) is -0.0381. The van der Waals surface area contributed by atoms with Crippen molar-refractivity contribution in [2.75, 3.05) is 6.54 Å². The molecule has 1 amide bonds. The molecule has 0 spiro atoms. The highest BCUT2D eigenvalue weighted by Crippen LogP contribution is 2.27. The molecular weight excluding hydrogens is 242 g/mol. The first kappa shape index (κ1) is 13.1. The first-order valence-corrected chi connectivity index (χ1v) is 4.62. The number of nitro benzene ring substituents is 2. The minimum absolute atomic E-state index is 0.0381. The fraction of sp³-hybridized carbons (Fsp3) is 0.100. The molecule has 8 heteroatoms. The van der Waals surface area contributed by atoms with Crippen molar-refractivity contribution in [2.24, 2.45) is 0 Å². The van der Waals surface area contributed by atoms with Gasteiger partial charge in [0.2, 0.25) is 0 Å². The fourth-order valence-electron chi connectivity index (χ4n) is 1.20. The minimum Gasteiger partial charge on any atom is -0.341 e. The molecule has 0 radical (unpaired) electrons. The second-order valence-corrected chi connectivity index (χ2v) is 3.10. The third kappa shape index (κ3) is 2.79. The zero-order valence-corrected chi connectivity index (χ0v) is 8.95. The highest BCUT2D eigenvalue weighted by atomic mass is 16.6. The van der Waals surface area contributed by atoms with Crippen molar-refractivity contribution >= 4 is 17.3 Å². The number of hydrogen-bond donors (Lipinski definition) is 1. The molecule has 18 heavy (non-hydrogen) atoms. The number of benzene rings is 1. The molecule has 0 aromatic heterocycles. The van der Waals surface area contributed by atoms with Crippen molar-refractivity contribution in [3.8, 4) is 12.3 Å². The number of hydrogen-bond acceptors (Lipinski definition) is 5. The van der Waals surface area contributed by atoms with Crippen molar-refractivity contribution in [1.82, 2.24) is 5.32 Å². The van der Waals surface area contributed by atoms with Gasteiger partial charge >= 0.3 is 11.4 Å². The Hall–Kier alpha value is -2.95. The Kier molecular flexibility index (Phi) is 3.93. The van der Waals surface area contributed by atoms with E-state index in [0.29, 0.717) is 0 Å². The second-order valence-electron chi connectivity index (χ2n) is 3.10. The molecule has 92 valence electrons. The number of terminal acetylenes is 1. The molecule has 0 bridgehead atoms. The summed E-state index contributed by atoms with van der Waals surface area (Å²) in [6.07, 6.45) is 4.93. The third-order valence-corrected chi connectivity index (χ3v) is 1.98. The number of nitrogens with one attached hydrogen (secondary N) is 1. The Morgan fingerprint density at radius 3 is 2.39 bits per heavy atom. The van der Waals surface area contributed by atoms with Crippen LogP contribution in [0.4, 0.5) is 11.4 Å². The van der Waals surface area contributed by atoms with Gasteiger partial charge in [-0.05, 0) is 6.07 Å². The molecule has 1 aromatic rings. The zero-order valence-electron chi connectivity index (χ0n) is 8.95. The summed E-state index contributed by atoms with van der Waals surface area (Å²) in [5.41, 5.74) is -1.48. The van der Waals surface area contributed by atoms with E-state index in [4.69, 9.17) is 6.42 Å². The van der Waals surface area contributed by atoms with Crippen LogP contribution in [0.5, 0.6) is 0 Å². The van der Waals surface area contributed by atoms with E-state index in [9.17, 15) is 25.0 Å². The van der Waals surface area contributed by atoms with Crippen molar-refractivity contribution in [3.05, 3.63) is 44.0 Å². The van der Waals surface area contributed by atoms with Gasteiger partial charge in [0.25, 0.3) is 5.91 Å². The van der Waals surface area contributed by atoms with Crippen molar-refractivity contribution in [3.63, 3.8) is 0 Å². The molecule has 0 aliphatic heterocycles. The SMILES string of the molecule is C#CCNC(=O)c1ccc([N+](=O)[O-])c([N+](=O)[O-])c1. The summed E-state index contributed by atoms with van der Waals surface area (Å²) < 4.78 is 0. The van der Waals surface area contributed by atoms with Crippen molar-refractivity contribution < 1.29 is 14.6 Å². The molecular formula is C10H7N3O5. The molecule has 0 fully saturated rings. The van der Waals surface area contributed by atoms with E-state index >= 15 is 0 Å². The molecule has 1 rings (SSSR count). The average Bonchev–Trinajstić information content (AvgIpc) is 2.34. The Bertz CT molecular complexity index is 561. The Morgan fingerprint density at radius 2 is 1.89 bits per heavy atom. The Balaban J connectivity index is 3.16. The summed E-state index contributed by atoms with van der Waals surface area (Å²) in [7, 11) is 0. The number of amides is 1. The van der Waals surface area contributed by atoms with Crippen LogP contribution in [0.3, 0.4) is 0 Å². The second kappa shape index (κ2) is 5.40. The van der Waals surface area contributed by atoms with Crippen LogP contribution >= 0.6 is 0 Å². The van der Waals surface area contributed by atoms with Crippen LogP contribution in [-0.2, 0) is 0 Å². The van der Waals surface area contributed by atoms with Gasteiger partial charge in [0.05, 0.1) is 16.4 Å². The van der Waals surface area contributed by atoms with E-state index in [1.54, 1.807) is 0 Å². The van der Waals surface area contributed by atoms with Gasteiger partial charge in [-0.2, -0.15) is 0 Å². The molecule has 0 aliphatic rings. The lowest BCUT2D eigenvalue weighted by atomic mass is 10.1. The Morgan fingerprint density at radius 1 is 1.28 bits per heavy atom. The van der Waals surface area contributed by atoms with Crippen LogP contribution in [0, 0.1) is 32.6 Å². The number of carbonyl (C=O) groups excluding carboxylic acids is 1. The van der Waals surface area contributed by atoms with Gasteiger partial charge in [0, 0.05) is 17.7 Å². The number of rotatable bonds is 4. The van der Waals surface area contributed by atoms with E-state index in [1.165, 1.54) is 0 Å². The van der Waals surface area contributed by atoms with Crippen LogP contribution in [-0.4, -0.2) is 22.3 Å². The summed E-state index contributed by atoms with van der Waals surface area (Å²) in [6, 6.07) is 2.86. The number of carbonyl (C=O) groups is 1.